The highest BCUT2D eigenvalue weighted by Crippen LogP contribution is 2.34. The van der Waals surface area contributed by atoms with Crippen molar-refractivity contribution in [1.29, 1.82) is 0 Å². The quantitative estimate of drug-likeness (QED) is 0.391. The monoisotopic (exact) mass is 460 g/mol. The second-order valence-corrected chi connectivity index (χ2v) is 9.14. The van der Waals surface area contributed by atoms with Crippen molar-refractivity contribution in [1.82, 2.24) is 15.3 Å². The summed E-state index contributed by atoms with van der Waals surface area (Å²) in [5, 5.41) is 14.4. The SMILES string of the molecule is COc1ccc([N+](=O)[O-])cc1CNC(=O)CSCc1nc2sc3c(c2c(=O)[nH]1)CCC3. The smallest absolute Gasteiger partial charge is 0.270 e. The van der Waals surface area contributed by atoms with E-state index in [1.165, 1.54) is 41.9 Å². The van der Waals surface area contributed by atoms with Crippen LogP contribution >= 0.6 is 23.1 Å². The van der Waals surface area contributed by atoms with E-state index in [-0.39, 0.29) is 29.5 Å². The molecule has 1 aromatic carbocycles. The molecule has 1 aliphatic rings. The first kappa shape index (κ1) is 21.3. The van der Waals surface area contributed by atoms with E-state index in [1.807, 2.05) is 0 Å². The van der Waals surface area contributed by atoms with Crippen molar-refractivity contribution in [2.75, 3.05) is 12.9 Å². The fraction of sp³-hybridized carbons (Fsp3) is 0.350. The zero-order valence-electron chi connectivity index (χ0n) is 16.7. The molecular formula is C20H20N4O5S2. The van der Waals surface area contributed by atoms with Crippen molar-refractivity contribution < 1.29 is 14.5 Å². The van der Waals surface area contributed by atoms with Gasteiger partial charge in [-0.1, -0.05) is 0 Å². The maximum Gasteiger partial charge on any atom is 0.270 e. The summed E-state index contributed by atoms with van der Waals surface area (Å²) in [4.78, 5) is 44.6. The molecule has 0 aliphatic heterocycles. The van der Waals surface area contributed by atoms with Crippen molar-refractivity contribution in [2.24, 2.45) is 0 Å². The molecule has 0 saturated heterocycles. The summed E-state index contributed by atoms with van der Waals surface area (Å²) in [6.45, 7) is 0.117. The Morgan fingerprint density at radius 3 is 3.03 bits per heavy atom. The molecule has 1 aliphatic carbocycles. The largest absolute Gasteiger partial charge is 0.496 e. The van der Waals surface area contributed by atoms with Crippen LogP contribution in [0, 0.1) is 10.1 Å². The van der Waals surface area contributed by atoms with E-state index >= 15 is 0 Å². The lowest BCUT2D eigenvalue weighted by Crippen LogP contribution is -2.25. The van der Waals surface area contributed by atoms with Gasteiger partial charge in [0.05, 0.1) is 28.9 Å². The molecule has 31 heavy (non-hydrogen) atoms. The number of rotatable bonds is 8. The first-order valence-corrected chi connectivity index (χ1v) is 11.6. The van der Waals surface area contributed by atoms with Gasteiger partial charge >= 0.3 is 0 Å². The molecule has 162 valence electrons. The van der Waals surface area contributed by atoms with Gasteiger partial charge < -0.3 is 15.0 Å². The fourth-order valence-electron chi connectivity index (χ4n) is 3.62. The number of nitrogens with zero attached hydrogens (tertiary/aromatic N) is 2. The number of benzene rings is 1. The molecule has 0 saturated carbocycles. The van der Waals surface area contributed by atoms with Gasteiger partial charge in [-0.15, -0.1) is 23.1 Å². The molecular weight excluding hydrogens is 440 g/mol. The van der Waals surface area contributed by atoms with E-state index in [9.17, 15) is 19.7 Å². The van der Waals surface area contributed by atoms with E-state index < -0.39 is 4.92 Å². The van der Waals surface area contributed by atoms with Crippen LogP contribution in [0.3, 0.4) is 0 Å². The third-order valence-electron chi connectivity index (χ3n) is 5.05. The zero-order chi connectivity index (χ0) is 22.0. The number of aryl methyl sites for hydroxylation is 2. The van der Waals surface area contributed by atoms with Crippen molar-refractivity contribution in [3.8, 4) is 5.75 Å². The molecule has 4 rings (SSSR count). The van der Waals surface area contributed by atoms with Crippen LogP contribution in [-0.4, -0.2) is 33.7 Å². The fourth-order valence-corrected chi connectivity index (χ4v) is 5.62. The van der Waals surface area contributed by atoms with Crippen LogP contribution in [0.1, 0.15) is 28.2 Å². The van der Waals surface area contributed by atoms with Crippen LogP contribution in [0.15, 0.2) is 23.0 Å². The number of methoxy groups -OCH3 is 1. The molecule has 0 radical (unpaired) electrons. The van der Waals surface area contributed by atoms with Gasteiger partial charge in [-0.2, -0.15) is 0 Å². The summed E-state index contributed by atoms with van der Waals surface area (Å²) in [5.41, 5.74) is 1.49. The van der Waals surface area contributed by atoms with Crippen LogP contribution in [0.25, 0.3) is 10.2 Å². The molecule has 1 amide bonds. The standard InChI is InChI=1S/C20H20N4O5S2/c1-29-14-6-5-12(24(27)28)7-11(14)8-21-17(25)10-30-9-16-22-19(26)18-13-3-2-4-15(13)31-20(18)23-16/h5-7H,2-4,8-10H2,1H3,(H,21,25)(H,22,23,26). The lowest BCUT2D eigenvalue weighted by molar-refractivity contribution is -0.384. The number of H-pyrrole nitrogens is 1. The first-order valence-electron chi connectivity index (χ1n) is 9.65. The summed E-state index contributed by atoms with van der Waals surface area (Å²) in [5.74, 6) is 1.37. The van der Waals surface area contributed by atoms with Gasteiger partial charge in [0.25, 0.3) is 11.2 Å². The van der Waals surface area contributed by atoms with Crippen molar-refractivity contribution in [2.45, 2.75) is 31.6 Å². The molecule has 0 unspecified atom stereocenters. The van der Waals surface area contributed by atoms with Crippen molar-refractivity contribution in [3.05, 3.63) is 60.5 Å². The number of hydrogen-bond donors (Lipinski definition) is 2. The Kier molecular flexibility index (Phi) is 6.23. The van der Waals surface area contributed by atoms with Crippen LogP contribution in [0.5, 0.6) is 5.75 Å². The van der Waals surface area contributed by atoms with E-state index in [0.717, 1.165) is 35.0 Å². The Labute approximate surface area is 185 Å². The molecule has 9 nitrogen and oxygen atoms in total. The Hall–Kier alpha value is -2.92. The summed E-state index contributed by atoms with van der Waals surface area (Å²) in [7, 11) is 1.47. The summed E-state index contributed by atoms with van der Waals surface area (Å²) >= 11 is 2.92. The van der Waals surface area contributed by atoms with Gasteiger partial charge in [-0.05, 0) is 30.9 Å². The van der Waals surface area contributed by atoms with E-state index in [4.69, 9.17) is 4.74 Å². The Morgan fingerprint density at radius 2 is 2.26 bits per heavy atom. The topological polar surface area (TPSA) is 127 Å². The third-order valence-corrected chi connectivity index (χ3v) is 7.18. The number of thiophene rings is 1. The Balaban J connectivity index is 1.33. The molecule has 0 bridgehead atoms. The minimum atomic E-state index is -0.493. The predicted octanol–water partition coefficient (Wildman–Crippen LogP) is 2.94. The van der Waals surface area contributed by atoms with Gasteiger partial charge in [0, 0.05) is 29.1 Å². The highest BCUT2D eigenvalue weighted by molar-refractivity contribution is 7.99. The molecule has 2 N–H and O–H groups in total. The molecule has 2 heterocycles. The number of nitro groups is 1. The minimum Gasteiger partial charge on any atom is -0.496 e. The van der Waals surface area contributed by atoms with E-state index in [1.54, 1.807) is 11.3 Å². The minimum absolute atomic E-state index is 0.0654. The van der Waals surface area contributed by atoms with Gasteiger partial charge in [0.1, 0.15) is 16.4 Å². The van der Waals surface area contributed by atoms with Crippen LogP contribution in [0.4, 0.5) is 5.69 Å². The molecule has 3 aromatic rings. The number of amides is 1. The van der Waals surface area contributed by atoms with Crippen molar-refractivity contribution in [3.63, 3.8) is 0 Å². The number of carbonyl (C=O) groups excluding carboxylic acids is 1. The molecule has 2 aromatic heterocycles. The summed E-state index contributed by atoms with van der Waals surface area (Å²) in [6.07, 6.45) is 3.03. The number of nitrogens with one attached hydrogen (secondary N) is 2. The molecule has 11 heteroatoms. The number of thioether (sulfide) groups is 1. The van der Waals surface area contributed by atoms with Crippen LogP contribution < -0.4 is 15.6 Å². The second-order valence-electron chi connectivity index (χ2n) is 7.07. The van der Waals surface area contributed by atoms with Gasteiger partial charge in [-0.25, -0.2) is 4.98 Å². The number of non-ortho nitro benzene ring substituents is 1. The lowest BCUT2D eigenvalue weighted by atomic mass is 10.1. The molecule has 0 spiro atoms. The first-order chi connectivity index (χ1) is 15.0. The average molecular weight is 461 g/mol. The normalized spacial score (nSPS) is 12.7. The second kappa shape index (κ2) is 9.06. The van der Waals surface area contributed by atoms with Crippen LogP contribution in [-0.2, 0) is 29.9 Å². The number of hydrogen-bond acceptors (Lipinski definition) is 8. The predicted molar refractivity (Wildman–Crippen MR) is 120 cm³/mol. The Bertz CT molecular complexity index is 1220. The highest BCUT2D eigenvalue weighted by Gasteiger charge is 2.21. The number of carbonyl (C=O) groups is 1. The summed E-state index contributed by atoms with van der Waals surface area (Å²) in [6, 6.07) is 4.24. The highest BCUT2D eigenvalue weighted by atomic mass is 32.2. The number of nitro benzene ring substituents is 1. The maximum atomic E-state index is 12.5. The maximum absolute atomic E-state index is 12.5. The van der Waals surface area contributed by atoms with E-state index in [0.29, 0.717) is 22.9 Å². The third kappa shape index (κ3) is 4.57. The average Bonchev–Trinajstić information content (AvgIpc) is 3.32. The number of ether oxygens (including phenoxy) is 1. The lowest BCUT2D eigenvalue weighted by Gasteiger charge is -2.09. The number of aromatic nitrogens is 2. The van der Waals surface area contributed by atoms with Gasteiger partial charge in [0.2, 0.25) is 5.91 Å². The van der Waals surface area contributed by atoms with Gasteiger partial charge in [-0.3, -0.25) is 19.7 Å². The van der Waals surface area contributed by atoms with Crippen LogP contribution in [0.2, 0.25) is 0 Å². The summed E-state index contributed by atoms with van der Waals surface area (Å²) < 4.78 is 5.20. The Morgan fingerprint density at radius 1 is 1.42 bits per heavy atom. The van der Waals surface area contributed by atoms with Gasteiger partial charge in [0.15, 0.2) is 0 Å². The molecule has 0 fully saturated rings. The number of aromatic amines is 1. The van der Waals surface area contributed by atoms with E-state index in [2.05, 4.69) is 15.3 Å². The zero-order valence-corrected chi connectivity index (χ0v) is 18.4. The number of fused-ring (bicyclic) bond motifs is 3. The van der Waals surface area contributed by atoms with Crippen molar-refractivity contribution >= 4 is 44.9 Å². The molecule has 0 atom stereocenters.